The molecule has 0 saturated heterocycles. The molecule has 1 aromatic carbocycles. The standard InChI is InChI=1S/C13H13F2N3/c1-8-6-10(4-5-16)18-13(17-8)9-2-3-11(14)12(15)7-9/h2-3,6-7H,4-5,16H2,1H3. The Hall–Kier alpha value is -1.88. The highest BCUT2D eigenvalue weighted by Crippen LogP contribution is 2.19. The van der Waals surface area contributed by atoms with Gasteiger partial charge in [0.05, 0.1) is 0 Å². The normalized spacial score (nSPS) is 10.7. The summed E-state index contributed by atoms with van der Waals surface area (Å²) in [6.45, 7) is 2.30. The van der Waals surface area contributed by atoms with Crippen LogP contribution in [0.25, 0.3) is 11.4 Å². The van der Waals surface area contributed by atoms with Crippen molar-refractivity contribution in [2.75, 3.05) is 6.54 Å². The molecule has 0 spiro atoms. The van der Waals surface area contributed by atoms with Gasteiger partial charge in [-0.3, -0.25) is 0 Å². The van der Waals surface area contributed by atoms with Crippen molar-refractivity contribution in [3.63, 3.8) is 0 Å². The molecular formula is C13H13F2N3. The van der Waals surface area contributed by atoms with Gasteiger partial charge in [0.25, 0.3) is 0 Å². The Balaban J connectivity index is 2.46. The molecular weight excluding hydrogens is 236 g/mol. The van der Waals surface area contributed by atoms with Gasteiger partial charge in [0.2, 0.25) is 0 Å². The zero-order valence-corrected chi connectivity index (χ0v) is 9.95. The third kappa shape index (κ3) is 2.68. The van der Waals surface area contributed by atoms with Gasteiger partial charge in [0, 0.05) is 23.4 Å². The molecule has 1 aromatic heterocycles. The summed E-state index contributed by atoms with van der Waals surface area (Å²) < 4.78 is 26.0. The minimum absolute atomic E-state index is 0.386. The molecule has 0 bridgehead atoms. The van der Waals surface area contributed by atoms with Crippen molar-refractivity contribution in [2.24, 2.45) is 5.73 Å². The molecule has 0 aliphatic heterocycles. The molecule has 3 nitrogen and oxygen atoms in total. The van der Waals surface area contributed by atoms with Crippen LogP contribution in [-0.2, 0) is 6.42 Å². The lowest BCUT2D eigenvalue weighted by Crippen LogP contribution is -2.06. The molecule has 0 radical (unpaired) electrons. The van der Waals surface area contributed by atoms with E-state index in [2.05, 4.69) is 9.97 Å². The van der Waals surface area contributed by atoms with E-state index >= 15 is 0 Å². The molecule has 0 amide bonds. The van der Waals surface area contributed by atoms with Crippen molar-refractivity contribution in [3.8, 4) is 11.4 Å². The van der Waals surface area contributed by atoms with Gasteiger partial charge in [0.1, 0.15) is 0 Å². The van der Waals surface area contributed by atoms with Crippen LogP contribution in [0.4, 0.5) is 8.78 Å². The van der Waals surface area contributed by atoms with Crippen molar-refractivity contribution >= 4 is 0 Å². The van der Waals surface area contributed by atoms with Crippen molar-refractivity contribution in [3.05, 3.63) is 47.3 Å². The van der Waals surface area contributed by atoms with Crippen LogP contribution < -0.4 is 5.73 Å². The molecule has 2 N–H and O–H groups in total. The van der Waals surface area contributed by atoms with E-state index in [1.807, 2.05) is 13.0 Å². The third-order valence-electron chi connectivity index (χ3n) is 2.49. The largest absolute Gasteiger partial charge is 0.330 e. The van der Waals surface area contributed by atoms with Crippen molar-refractivity contribution in [2.45, 2.75) is 13.3 Å². The second-order valence-electron chi connectivity index (χ2n) is 3.99. The first-order valence-electron chi connectivity index (χ1n) is 5.60. The maximum Gasteiger partial charge on any atom is 0.159 e. The monoisotopic (exact) mass is 249 g/mol. The number of aromatic nitrogens is 2. The van der Waals surface area contributed by atoms with Crippen LogP contribution in [0.15, 0.2) is 24.3 Å². The lowest BCUT2D eigenvalue weighted by Gasteiger charge is -2.05. The zero-order chi connectivity index (χ0) is 13.1. The quantitative estimate of drug-likeness (QED) is 0.907. The fraction of sp³-hybridized carbons (Fsp3) is 0.231. The van der Waals surface area contributed by atoms with Crippen LogP contribution in [0.5, 0.6) is 0 Å². The average Bonchev–Trinajstić information content (AvgIpc) is 2.32. The summed E-state index contributed by atoms with van der Waals surface area (Å²) in [5, 5.41) is 0. The van der Waals surface area contributed by atoms with Crippen LogP contribution in [0.1, 0.15) is 11.4 Å². The van der Waals surface area contributed by atoms with Crippen LogP contribution >= 0.6 is 0 Å². The summed E-state index contributed by atoms with van der Waals surface area (Å²) in [5.74, 6) is -1.40. The third-order valence-corrected chi connectivity index (χ3v) is 2.49. The van der Waals surface area contributed by atoms with E-state index in [4.69, 9.17) is 5.73 Å². The van der Waals surface area contributed by atoms with Gasteiger partial charge in [-0.05, 0) is 37.7 Å². The van der Waals surface area contributed by atoms with E-state index in [9.17, 15) is 8.78 Å². The molecule has 18 heavy (non-hydrogen) atoms. The van der Waals surface area contributed by atoms with Crippen LogP contribution in [-0.4, -0.2) is 16.5 Å². The van der Waals surface area contributed by atoms with Gasteiger partial charge in [-0.1, -0.05) is 0 Å². The highest BCUT2D eigenvalue weighted by Gasteiger charge is 2.08. The van der Waals surface area contributed by atoms with Crippen molar-refractivity contribution < 1.29 is 8.78 Å². The SMILES string of the molecule is Cc1cc(CCN)nc(-c2ccc(F)c(F)c2)n1. The van der Waals surface area contributed by atoms with Gasteiger partial charge in [0.15, 0.2) is 17.5 Å². The van der Waals surface area contributed by atoms with Crippen LogP contribution in [0.3, 0.4) is 0 Å². The molecule has 0 fully saturated rings. The minimum Gasteiger partial charge on any atom is -0.330 e. The second kappa shape index (κ2) is 5.18. The topological polar surface area (TPSA) is 51.8 Å². The maximum atomic E-state index is 13.2. The number of hydrogen-bond donors (Lipinski definition) is 1. The highest BCUT2D eigenvalue weighted by molar-refractivity contribution is 5.55. The number of rotatable bonds is 3. The van der Waals surface area contributed by atoms with Gasteiger partial charge >= 0.3 is 0 Å². The van der Waals surface area contributed by atoms with E-state index in [1.54, 1.807) is 0 Å². The fourth-order valence-electron chi connectivity index (χ4n) is 1.67. The molecule has 0 aliphatic rings. The number of benzene rings is 1. The number of nitrogens with zero attached hydrogens (tertiary/aromatic N) is 2. The molecule has 94 valence electrons. The first-order valence-corrected chi connectivity index (χ1v) is 5.60. The first kappa shape index (κ1) is 12.6. The zero-order valence-electron chi connectivity index (χ0n) is 9.95. The second-order valence-corrected chi connectivity index (χ2v) is 3.99. The maximum absolute atomic E-state index is 13.2. The molecule has 5 heteroatoms. The summed E-state index contributed by atoms with van der Waals surface area (Å²) in [6, 6.07) is 5.45. The molecule has 0 aliphatic carbocycles. The van der Waals surface area contributed by atoms with E-state index in [-0.39, 0.29) is 0 Å². The molecule has 0 saturated carbocycles. The Morgan fingerprint density at radius 3 is 2.56 bits per heavy atom. The van der Waals surface area contributed by atoms with Crippen LogP contribution in [0, 0.1) is 18.6 Å². The molecule has 1 heterocycles. The van der Waals surface area contributed by atoms with Gasteiger partial charge in [-0.2, -0.15) is 0 Å². The summed E-state index contributed by atoms with van der Waals surface area (Å²) in [7, 11) is 0. The summed E-state index contributed by atoms with van der Waals surface area (Å²) in [4.78, 5) is 8.50. The first-order chi connectivity index (χ1) is 8.60. The molecule has 2 rings (SSSR count). The van der Waals surface area contributed by atoms with E-state index < -0.39 is 11.6 Å². The highest BCUT2D eigenvalue weighted by atomic mass is 19.2. The molecule has 0 unspecified atom stereocenters. The predicted molar refractivity (Wildman–Crippen MR) is 64.9 cm³/mol. The number of nitrogens with two attached hydrogens (primary N) is 1. The van der Waals surface area contributed by atoms with Crippen molar-refractivity contribution in [1.29, 1.82) is 0 Å². The Morgan fingerprint density at radius 2 is 1.89 bits per heavy atom. The Kier molecular flexibility index (Phi) is 3.62. The lowest BCUT2D eigenvalue weighted by atomic mass is 10.2. The van der Waals surface area contributed by atoms with Crippen molar-refractivity contribution in [1.82, 2.24) is 9.97 Å². The lowest BCUT2D eigenvalue weighted by molar-refractivity contribution is 0.509. The Labute approximate surface area is 104 Å². The van der Waals surface area contributed by atoms with Crippen LogP contribution in [0.2, 0.25) is 0 Å². The molecule has 2 aromatic rings. The molecule has 0 atom stereocenters. The van der Waals surface area contributed by atoms with E-state index in [0.29, 0.717) is 24.4 Å². The predicted octanol–water partition coefficient (Wildman–Crippen LogP) is 2.23. The number of hydrogen-bond acceptors (Lipinski definition) is 3. The van der Waals surface area contributed by atoms with Gasteiger partial charge in [-0.15, -0.1) is 0 Å². The Bertz CT molecular complexity index is 570. The van der Waals surface area contributed by atoms with E-state index in [1.165, 1.54) is 6.07 Å². The summed E-state index contributed by atoms with van der Waals surface area (Å²) in [5.41, 5.74) is 7.50. The smallest absolute Gasteiger partial charge is 0.159 e. The number of aryl methyl sites for hydroxylation is 1. The minimum atomic E-state index is -0.905. The van der Waals surface area contributed by atoms with Gasteiger partial charge < -0.3 is 5.73 Å². The average molecular weight is 249 g/mol. The summed E-state index contributed by atoms with van der Waals surface area (Å²) in [6.07, 6.45) is 0.625. The fourth-order valence-corrected chi connectivity index (χ4v) is 1.67. The Morgan fingerprint density at radius 1 is 1.11 bits per heavy atom. The summed E-state index contributed by atoms with van der Waals surface area (Å²) >= 11 is 0. The van der Waals surface area contributed by atoms with E-state index in [0.717, 1.165) is 23.5 Å². The number of halogens is 2. The van der Waals surface area contributed by atoms with Gasteiger partial charge in [-0.25, -0.2) is 18.7 Å².